The summed E-state index contributed by atoms with van der Waals surface area (Å²) in [6.45, 7) is 0.218. The lowest BCUT2D eigenvalue weighted by Gasteiger charge is -2.28. The van der Waals surface area contributed by atoms with Crippen LogP contribution in [0, 0.1) is 11.3 Å². The highest BCUT2D eigenvalue weighted by molar-refractivity contribution is 6.30. The third-order valence-electron chi connectivity index (χ3n) is 5.88. The second-order valence-electron chi connectivity index (χ2n) is 8.05. The highest BCUT2D eigenvalue weighted by Crippen LogP contribution is 2.28. The van der Waals surface area contributed by atoms with Gasteiger partial charge in [0.25, 0.3) is 11.8 Å². The number of ether oxygens (including phenoxy) is 1. The number of carbonyl (C=O) groups excluding carboxylic acids is 3. The van der Waals surface area contributed by atoms with Crippen molar-refractivity contribution in [1.82, 2.24) is 4.90 Å². The number of nitrogens with zero attached hydrogens (tertiary/aromatic N) is 3. The van der Waals surface area contributed by atoms with Gasteiger partial charge in [-0.1, -0.05) is 23.7 Å². The number of carbonyl (C=O) groups is 3. The molecule has 1 atom stereocenters. The number of halogens is 1. The van der Waals surface area contributed by atoms with Gasteiger partial charge in [-0.05, 0) is 72.6 Å². The van der Waals surface area contributed by atoms with Crippen LogP contribution in [0.1, 0.15) is 27.9 Å². The number of hydrogen-bond donors (Lipinski definition) is 0. The molecule has 1 heterocycles. The summed E-state index contributed by atoms with van der Waals surface area (Å²) in [6.07, 6.45) is 0.327. The minimum absolute atomic E-state index is 0.129. The number of nitriles is 1. The van der Waals surface area contributed by atoms with E-state index >= 15 is 0 Å². The molecular weight excluding hydrogens is 466 g/mol. The van der Waals surface area contributed by atoms with E-state index in [9.17, 15) is 14.4 Å². The van der Waals surface area contributed by atoms with Gasteiger partial charge in [0.05, 0.1) is 30.9 Å². The first kappa shape index (κ1) is 24.0. The van der Waals surface area contributed by atoms with Crippen LogP contribution in [-0.4, -0.2) is 42.3 Å². The Morgan fingerprint density at radius 2 is 1.83 bits per heavy atom. The molecule has 3 aromatic carbocycles. The maximum atomic E-state index is 13.5. The topological polar surface area (TPSA) is 90.7 Å². The molecule has 35 heavy (non-hydrogen) atoms. The smallest absolute Gasteiger partial charge is 0.257 e. The van der Waals surface area contributed by atoms with Gasteiger partial charge in [0.2, 0.25) is 5.91 Å². The molecule has 0 aromatic heterocycles. The molecule has 8 heteroatoms. The van der Waals surface area contributed by atoms with E-state index in [-0.39, 0.29) is 18.9 Å². The van der Waals surface area contributed by atoms with Crippen LogP contribution in [0.25, 0.3) is 0 Å². The van der Waals surface area contributed by atoms with Crippen molar-refractivity contribution in [2.75, 3.05) is 18.6 Å². The van der Waals surface area contributed by atoms with Gasteiger partial charge in [-0.3, -0.25) is 14.4 Å². The first-order chi connectivity index (χ1) is 16.9. The van der Waals surface area contributed by atoms with Crippen LogP contribution in [0.15, 0.2) is 72.8 Å². The monoisotopic (exact) mass is 487 g/mol. The van der Waals surface area contributed by atoms with Crippen molar-refractivity contribution in [2.45, 2.75) is 18.9 Å². The molecule has 0 aliphatic carbocycles. The molecule has 3 amide bonds. The van der Waals surface area contributed by atoms with E-state index in [1.807, 2.05) is 24.3 Å². The normalized spacial score (nSPS) is 15.1. The number of methoxy groups -OCH3 is 1. The van der Waals surface area contributed by atoms with Crippen LogP contribution >= 0.6 is 11.6 Å². The van der Waals surface area contributed by atoms with Gasteiger partial charge in [-0.15, -0.1) is 0 Å². The van der Waals surface area contributed by atoms with E-state index in [0.717, 1.165) is 10.5 Å². The first-order valence-electron chi connectivity index (χ1n) is 11.0. The maximum absolute atomic E-state index is 13.5. The van der Waals surface area contributed by atoms with Crippen molar-refractivity contribution in [3.63, 3.8) is 0 Å². The largest absolute Gasteiger partial charge is 0.497 e. The molecule has 0 bridgehead atoms. The fourth-order valence-electron chi connectivity index (χ4n) is 4.06. The predicted octanol–water partition coefficient (Wildman–Crippen LogP) is 4.24. The Balaban J connectivity index is 1.63. The third-order valence-corrected chi connectivity index (χ3v) is 6.12. The van der Waals surface area contributed by atoms with Gasteiger partial charge in [0.1, 0.15) is 11.8 Å². The minimum atomic E-state index is -0.952. The lowest BCUT2D eigenvalue weighted by molar-refractivity contribution is -0.122. The molecule has 3 aromatic rings. The van der Waals surface area contributed by atoms with E-state index in [1.165, 1.54) is 12.0 Å². The second-order valence-corrected chi connectivity index (χ2v) is 8.49. The molecule has 1 saturated heterocycles. The van der Waals surface area contributed by atoms with Crippen molar-refractivity contribution in [3.05, 3.63) is 94.5 Å². The summed E-state index contributed by atoms with van der Waals surface area (Å²) in [5.41, 5.74) is 2.08. The summed E-state index contributed by atoms with van der Waals surface area (Å²) < 4.78 is 5.17. The van der Waals surface area contributed by atoms with E-state index in [1.54, 1.807) is 54.6 Å². The number of amides is 3. The molecule has 7 nitrogen and oxygen atoms in total. The molecule has 0 radical (unpaired) electrons. The van der Waals surface area contributed by atoms with Gasteiger partial charge in [0.15, 0.2) is 0 Å². The van der Waals surface area contributed by atoms with E-state index in [2.05, 4.69) is 0 Å². The molecule has 0 saturated carbocycles. The van der Waals surface area contributed by atoms with Gasteiger partial charge >= 0.3 is 0 Å². The summed E-state index contributed by atoms with van der Waals surface area (Å²) in [5.74, 6) is -0.638. The van der Waals surface area contributed by atoms with Crippen molar-refractivity contribution in [1.29, 1.82) is 5.26 Å². The molecular formula is C27H22ClN3O4. The van der Waals surface area contributed by atoms with E-state index < -0.39 is 17.9 Å². The highest BCUT2D eigenvalue weighted by atomic mass is 35.5. The summed E-state index contributed by atoms with van der Waals surface area (Å²) in [4.78, 5) is 42.4. The Morgan fingerprint density at radius 1 is 1.11 bits per heavy atom. The molecule has 1 fully saturated rings. The molecule has 1 unspecified atom stereocenters. The summed E-state index contributed by atoms with van der Waals surface area (Å²) >= 11 is 6.11. The molecule has 1 aliphatic heterocycles. The Labute approximate surface area is 208 Å². The molecule has 0 N–H and O–H groups in total. The van der Waals surface area contributed by atoms with E-state index in [0.29, 0.717) is 34.0 Å². The zero-order valence-corrected chi connectivity index (χ0v) is 19.7. The molecule has 1 aliphatic rings. The number of rotatable bonds is 7. The number of benzene rings is 3. The van der Waals surface area contributed by atoms with E-state index in [4.69, 9.17) is 21.6 Å². The lowest BCUT2D eigenvalue weighted by Crippen LogP contribution is -2.46. The Morgan fingerprint density at radius 3 is 2.46 bits per heavy atom. The lowest BCUT2D eigenvalue weighted by atomic mass is 10.1. The summed E-state index contributed by atoms with van der Waals surface area (Å²) in [6, 6.07) is 21.2. The van der Waals surface area contributed by atoms with Crippen LogP contribution in [0.4, 0.5) is 5.69 Å². The molecule has 0 spiro atoms. The van der Waals surface area contributed by atoms with Crippen LogP contribution in [-0.2, 0) is 16.0 Å². The Bertz CT molecular complexity index is 1300. The first-order valence-corrected chi connectivity index (χ1v) is 11.4. The fourth-order valence-corrected chi connectivity index (χ4v) is 4.27. The van der Waals surface area contributed by atoms with Gasteiger partial charge in [-0.25, -0.2) is 4.90 Å². The Kier molecular flexibility index (Phi) is 7.14. The van der Waals surface area contributed by atoms with Crippen molar-refractivity contribution in [3.8, 4) is 11.8 Å². The van der Waals surface area contributed by atoms with Crippen LogP contribution in [0.3, 0.4) is 0 Å². The quantitative estimate of drug-likeness (QED) is 0.465. The fraction of sp³-hybridized carbons (Fsp3) is 0.185. The van der Waals surface area contributed by atoms with Crippen LogP contribution in [0.5, 0.6) is 5.75 Å². The number of imide groups is 1. The van der Waals surface area contributed by atoms with Gasteiger partial charge in [-0.2, -0.15) is 5.26 Å². The number of anilines is 1. The van der Waals surface area contributed by atoms with Crippen LogP contribution in [0.2, 0.25) is 5.02 Å². The number of hydrogen-bond acceptors (Lipinski definition) is 5. The minimum Gasteiger partial charge on any atom is -0.497 e. The SMILES string of the molecule is COc1ccc(C(=O)N(CCc2cccc(Cl)c2)C2CC(=O)N(c3ccc(C#N)cc3)C2=O)cc1. The molecule has 4 rings (SSSR count). The van der Waals surface area contributed by atoms with Crippen LogP contribution < -0.4 is 9.64 Å². The summed E-state index contributed by atoms with van der Waals surface area (Å²) in [5, 5.41) is 9.61. The standard InChI is InChI=1S/C27H22ClN3O4/c1-35-23-11-7-20(8-12-23)26(33)30(14-13-18-3-2-4-21(28)15-18)24-16-25(32)31(27(24)34)22-9-5-19(17-29)6-10-22/h2-12,15,24H,13-14,16H2,1H3. The Hall–Kier alpha value is -4.15. The second kappa shape index (κ2) is 10.4. The average Bonchev–Trinajstić information content (AvgIpc) is 3.17. The third kappa shape index (κ3) is 5.18. The van der Waals surface area contributed by atoms with Crippen molar-refractivity contribution in [2.24, 2.45) is 0 Å². The van der Waals surface area contributed by atoms with Gasteiger partial charge in [0, 0.05) is 17.1 Å². The zero-order valence-electron chi connectivity index (χ0n) is 19.0. The summed E-state index contributed by atoms with van der Waals surface area (Å²) in [7, 11) is 1.54. The highest BCUT2D eigenvalue weighted by Gasteiger charge is 2.44. The van der Waals surface area contributed by atoms with Crippen molar-refractivity contribution < 1.29 is 19.1 Å². The molecule has 176 valence electrons. The maximum Gasteiger partial charge on any atom is 0.257 e. The van der Waals surface area contributed by atoms with Gasteiger partial charge < -0.3 is 9.64 Å². The zero-order chi connectivity index (χ0) is 24.9. The average molecular weight is 488 g/mol. The van der Waals surface area contributed by atoms with Crippen molar-refractivity contribution >= 4 is 35.0 Å². The predicted molar refractivity (Wildman–Crippen MR) is 131 cm³/mol.